The maximum atomic E-state index is 11.8. The Kier molecular flexibility index (Phi) is 18.6. The van der Waals surface area contributed by atoms with Gasteiger partial charge in [-0.15, -0.1) is 0 Å². The van der Waals surface area contributed by atoms with Crippen LogP contribution < -0.4 is 11.1 Å². The predicted octanol–water partition coefficient (Wildman–Crippen LogP) is 5.17. The number of unbranched alkanes of at least 4 members (excludes halogenated alkanes) is 12. The molecule has 3 N–H and O–H groups in total. The first-order valence-corrected chi connectivity index (χ1v) is 12.2. The van der Waals surface area contributed by atoms with Crippen LogP contribution in [0.5, 0.6) is 0 Å². The molecule has 0 radical (unpaired) electrons. The molecule has 176 valence electrons. The van der Waals surface area contributed by atoms with Crippen LogP contribution in [0.4, 0.5) is 0 Å². The van der Waals surface area contributed by atoms with Crippen LogP contribution in [0.2, 0.25) is 0 Å². The molecule has 0 fully saturated rings. The van der Waals surface area contributed by atoms with E-state index in [0.29, 0.717) is 6.42 Å². The van der Waals surface area contributed by atoms with E-state index in [1.54, 1.807) is 13.8 Å². The molecule has 0 saturated carbocycles. The summed E-state index contributed by atoms with van der Waals surface area (Å²) in [6.07, 6.45) is 16.7. The van der Waals surface area contributed by atoms with Gasteiger partial charge in [-0.25, -0.2) is 0 Å². The number of nitrogens with two attached hydrogens (primary N) is 1. The van der Waals surface area contributed by atoms with Crippen molar-refractivity contribution >= 4 is 17.8 Å². The summed E-state index contributed by atoms with van der Waals surface area (Å²) in [6.45, 7) is 5.73. The fourth-order valence-corrected chi connectivity index (χ4v) is 3.31. The van der Waals surface area contributed by atoms with Gasteiger partial charge in [-0.05, 0) is 26.7 Å². The average Bonchev–Trinajstić information content (AvgIpc) is 2.69. The first kappa shape index (κ1) is 28.6. The molecule has 1 unspecified atom stereocenters. The molecule has 30 heavy (non-hydrogen) atoms. The summed E-state index contributed by atoms with van der Waals surface area (Å²) in [5, 5.41) is 2.37. The summed E-state index contributed by atoms with van der Waals surface area (Å²) in [5.74, 6) is -1.15. The van der Waals surface area contributed by atoms with Gasteiger partial charge in [0, 0.05) is 12.8 Å². The van der Waals surface area contributed by atoms with Crippen LogP contribution in [0.25, 0.3) is 0 Å². The summed E-state index contributed by atoms with van der Waals surface area (Å²) in [5.41, 5.74) is 5.69. The normalized spacial score (nSPS) is 12.0. The molecule has 0 heterocycles. The fourth-order valence-electron chi connectivity index (χ4n) is 3.31. The Balaban J connectivity index is 3.52. The molecular weight excluding hydrogens is 380 g/mol. The van der Waals surface area contributed by atoms with Gasteiger partial charge in [-0.3, -0.25) is 19.7 Å². The van der Waals surface area contributed by atoms with E-state index < -0.39 is 12.0 Å². The third-order valence-corrected chi connectivity index (χ3v) is 5.12. The molecule has 0 saturated heterocycles. The molecule has 6 nitrogen and oxygen atoms in total. The first-order valence-electron chi connectivity index (χ1n) is 12.2. The number of ether oxygens (including phenoxy) is 1. The summed E-state index contributed by atoms with van der Waals surface area (Å²) in [6, 6.07) is -0.839. The summed E-state index contributed by atoms with van der Waals surface area (Å²) in [4.78, 5) is 35.2. The highest BCUT2D eigenvalue weighted by Gasteiger charge is 2.18. The third-order valence-electron chi connectivity index (χ3n) is 5.12. The highest BCUT2D eigenvalue weighted by molar-refractivity contribution is 5.95. The van der Waals surface area contributed by atoms with Gasteiger partial charge in [0.25, 0.3) is 0 Å². The molecule has 0 aliphatic heterocycles. The van der Waals surface area contributed by atoms with Gasteiger partial charge in [-0.1, -0.05) is 84.0 Å². The minimum Gasteiger partial charge on any atom is -0.462 e. The van der Waals surface area contributed by atoms with E-state index in [9.17, 15) is 14.4 Å². The van der Waals surface area contributed by atoms with Gasteiger partial charge in [0.05, 0.1) is 6.10 Å². The lowest BCUT2D eigenvalue weighted by atomic mass is 10.0. The second-order valence-electron chi connectivity index (χ2n) is 8.59. The molecule has 0 bridgehead atoms. The lowest BCUT2D eigenvalue weighted by Gasteiger charge is -2.13. The Morgan fingerprint density at radius 1 is 0.733 bits per heavy atom. The standard InChI is InChI=1S/C24H46N2O4/c1-4-5-6-7-8-9-10-11-12-13-14-15-16-17-22(27)26-23(28)19-18-21(25)24(29)30-20(2)3/h20-21H,4-19,25H2,1-3H3,(H,26,27,28). The predicted molar refractivity (Wildman–Crippen MR) is 122 cm³/mol. The number of carbonyl (C=O) groups is 3. The number of hydrogen-bond donors (Lipinski definition) is 2. The van der Waals surface area contributed by atoms with Gasteiger partial charge in [-0.2, -0.15) is 0 Å². The maximum Gasteiger partial charge on any atom is 0.323 e. The molecule has 0 aliphatic rings. The van der Waals surface area contributed by atoms with Crippen molar-refractivity contribution in [1.82, 2.24) is 5.32 Å². The zero-order valence-electron chi connectivity index (χ0n) is 19.7. The lowest BCUT2D eigenvalue weighted by Crippen LogP contribution is -2.36. The number of imide groups is 1. The SMILES string of the molecule is CCCCCCCCCCCCCCCC(=O)NC(=O)CCC(N)C(=O)OC(C)C. The Labute approximate surface area is 184 Å². The number of esters is 1. The Morgan fingerprint density at radius 3 is 1.63 bits per heavy atom. The van der Waals surface area contributed by atoms with Crippen molar-refractivity contribution in [3.05, 3.63) is 0 Å². The average molecular weight is 427 g/mol. The van der Waals surface area contributed by atoms with E-state index in [2.05, 4.69) is 12.2 Å². The maximum absolute atomic E-state index is 11.8. The van der Waals surface area contributed by atoms with Crippen LogP contribution in [0.3, 0.4) is 0 Å². The number of amides is 2. The van der Waals surface area contributed by atoms with Crippen molar-refractivity contribution in [2.75, 3.05) is 0 Å². The van der Waals surface area contributed by atoms with Crippen LogP contribution in [-0.4, -0.2) is 29.9 Å². The number of nitrogens with one attached hydrogen (secondary N) is 1. The molecule has 0 aliphatic carbocycles. The first-order chi connectivity index (χ1) is 14.4. The van der Waals surface area contributed by atoms with Gasteiger partial charge in [0.1, 0.15) is 6.04 Å². The molecule has 0 spiro atoms. The summed E-state index contributed by atoms with van der Waals surface area (Å²) < 4.78 is 4.99. The summed E-state index contributed by atoms with van der Waals surface area (Å²) >= 11 is 0. The monoisotopic (exact) mass is 426 g/mol. The van der Waals surface area contributed by atoms with E-state index in [1.165, 1.54) is 64.2 Å². The summed E-state index contributed by atoms with van der Waals surface area (Å²) in [7, 11) is 0. The smallest absolute Gasteiger partial charge is 0.323 e. The second kappa shape index (κ2) is 19.5. The van der Waals surface area contributed by atoms with Crippen LogP contribution >= 0.6 is 0 Å². The molecular formula is C24H46N2O4. The zero-order valence-corrected chi connectivity index (χ0v) is 19.7. The fraction of sp³-hybridized carbons (Fsp3) is 0.875. The van der Waals surface area contributed by atoms with Crippen molar-refractivity contribution in [3.8, 4) is 0 Å². The van der Waals surface area contributed by atoms with E-state index >= 15 is 0 Å². The topological polar surface area (TPSA) is 98.5 Å². The minimum absolute atomic E-state index is 0.0404. The van der Waals surface area contributed by atoms with E-state index in [0.717, 1.165) is 19.3 Å². The lowest BCUT2D eigenvalue weighted by molar-refractivity contribution is -0.149. The Hall–Kier alpha value is -1.43. The van der Waals surface area contributed by atoms with Crippen molar-refractivity contribution < 1.29 is 19.1 Å². The van der Waals surface area contributed by atoms with Gasteiger partial charge < -0.3 is 10.5 Å². The van der Waals surface area contributed by atoms with Crippen molar-refractivity contribution in [1.29, 1.82) is 0 Å². The van der Waals surface area contributed by atoms with Crippen LogP contribution in [0.15, 0.2) is 0 Å². The molecule has 1 atom stereocenters. The molecule has 0 aromatic carbocycles. The van der Waals surface area contributed by atoms with Crippen LogP contribution in [-0.2, 0) is 19.1 Å². The number of rotatable bonds is 19. The van der Waals surface area contributed by atoms with Crippen molar-refractivity contribution in [2.24, 2.45) is 5.73 Å². The quantitative estimate of drug-likeness (QED) is 0.219. The number of carbonyl (C=O) groups excluding carboxylic acids is 3. The van der Waals surface area contributed by atoms with Gasteiger partial charge in [0.15, 0.2) is 0 Å². The molecule has 0 aromatic heterocycles. The van der Waals surface area contributed by atoms with Gasteiger partial charge in [0.2, 0.25) is 11.8 Å². The highest BCUT2D eigenvalue weighted by atomic mass is 16.5. The largest absolute Gasteiger partial charge is 0.462 e. The zero-order chi connectivity index (χ0) is 22.6. The molecule has 2 amide bonds. The van der Waals surface area contributed by atoms with Crippen molar-refractivity contribution in [3.63, 3.8) is 0 Å². The van der Waals surface area contributed by atoms with E-state index in [-0.39, 0.29) is 30.8 Å². The molecule has 0 aromatic rings. The van der Waals surface area contributed by atoms with E-state index in [1.807, 2.05) is 0 Å². The molecule has 0 rings (SSSR count). The number of hydrogen-bond acceptors (Lipinski definition) is 5. The minimum atomic E-state index is -0.839. The Bertz CT molecular complexity index is 466. The Morgan fingerprint density at radius 2 is 1.17 bits per heavy atom. The third kappa shape index (κ3) is 18.6. The van der Waals surface area contributed by atoms with Crippen LogP contribution in [0, 0.1) is 0 Å². The van der Waals surface area contributed by atoms with E-state index in [4.69, 9.17) is 10.5 Å². The highest BCUT2D eigenvalue weighted by Crippen LogP contribution is 2.13. The second-order valence-corrected chi connectivity index (χ2v) is 8.59. The molecule has 6 heteroatoms. The van der Waals surface area contributed by atoms with Gasteiger partial charge >= 0.3 is 5.97 Å². The van der Waals surface area contributed by atoms with Crippen molar-refractivity contribution in [2.45, 2.75) is 136 Å². The van der Waals surface area contributed by atoms with Crippen LogP contribution in [0.1, 0.15) is 124 Å².